The second-order valence-electron chi connectivity index (χ2n) is 5.33. The predicted octanol–water partition coefficient (Wildman–Crippen LogP) is 1.29. The monoisotopic (exact) mass is 387 g/mol. The van der Waals surface area contributed by atoms with Crippen LogP contribution in [0.2, 0.25) is 0 Å². The lowest BCUT2D eigenvalue weighted by Gasteiger charge is -2.15. The number of nitrogens with one attached hydrogen (secondary N) is 1. The lowest BCUT2D eigenvalue weighted by atomic mass is 10.1. The minimum absolute atomic E-state index is 0.000530. The van der Waals surface area contributed by atoms with E-state index in [2.05, 4.69) is 26.3 Å². The first-order valence-corrected chi connectivity index (χ1v) is 9.08. The van der Waals surface area contributed by atoms with Crippen molar-refractivity contribution in [3.05, 3.63) is 59.4 Å². The second kappa shape index (κ2) is 7.35. The summed E-state index contributed by atoms with van der Waals surface area (Å²) in [6, 6.07) is 9.23. The molecule has 1 amide bonds. The van der Waals surface area contributed by atoms with E-state index in [0.717, 1.165) is 0 Å². The highest BCUT2D eigenvalue weighted by Gasteiger charge is 2.33. The molecule has 0 spiro atoms. The summed E-state index contributed by atoms with van der Waals surface area (Å²) in [6.45, 7) is -0.0653. The number of benzene rings is 1. The number of carboxylic acid groups (broad SMARTS) is 1. The maximum absolute atomic E-state index is 12.3. The molecule has 0 unspecified atom stereocenters. The molecule has 9 nitrogen and oxygen atoms in total. The van der Waals surface area contributed by atoms with Gasteiger partial charge in [-0.25, -0.2) is 14.6 Å². The molecule has 1 saturated heterocycles. The van der Waals surface area contributed by atoms with Crippen LogP contribution in [0.3, 0.4) is 0 Å². The molecular weight excluding hydrogens is 374 g/mol. The van der Waals surface area contributed by atoms with Gasteiger partial charge in [-0.15, -0.1) is 0 Å². The van der Waals surface area contributed by atoms with Crippen LogP contribution in [-0.4, -0.2) is 48.0 Å². The molecule has 0 aliphatic carbocycles. The average molecular weight is 387 g/mol. The molecule has 2 heterocycles. The molecule has 0 radical (unpaired) electrons. The molecule has 1 aromatic carbocycles. The third kappa shape index (κ3) is 4.16. The van der Waals surface area contributed by atoms with Gasteiger partial charge in [0.2, 0.25) is 0 Å². The van der Waals surface area contributed by atoms with Crippen molar-refractivity contribution in [1.82, 2.24) is 9.29 Å². The SMILES string of the molecule is O=C(O)c1ccc(C#Cc2ccccc2NS(=O)(=O)N2CCOC2=O)cn1. The van der Waals surface area contributed by atoms with Crippen LogP contribution in [0, 0.1) is 11.8 Å². The van der Waals surface area contributed by atoms with Crippen LogP contribution >= 0.6 is 0 Å². The fourth-order valence-corrected chi connectivity index (χ4v) is 3.34. The van der Waals surface area contributed by atoms with Gasteiger partial charge in [0, 0.05) is 17.3 Å². The van der Waals surface area contributed by atoms with Gasteiger partial charge in [0.15, 0.2) is 0 Å². The third-order valence-corrected chi connectivity index (χ3v) is 4.89. The number of ether oxygens (including phenoxy) is 1. The van der Waals surface area contributed by atoms with Crippen LogP contribution in [0.25, 0.3) is 0 Å². The normalized spacial score (nSPS) is 13.5. The number of para-hydroxylation sites is 1. The Morgan fingerprint density at radius 2 is 2.00 bits per heavy atom. The van der Waals surface area contributed by atoms with E-state index in [1.807, 2.05) is 0 Å². The molecule has 0 atom stereocenters. The van der Waals surface area contributed by atoms with E-state index in [9.17, 15) is 18.0 Å². The molecule has 27 heavy (non-hydrogen) atoms. The Bertz CT molecular complexity index is 1050. The van der Waals surface area contributed by atoms with E-state index in [-0.39, 0.29) is 24.5 Å². The van der Waals surface area contributed by atoms with Gasteiger partial charge in [0.1, 0.15) is 12.3 Å². The van der Waals surface area contributed by atoms with Crippen LogP contribution in [0.1, 0.15) is 21.6 Å². The van der Waals surface area contributed by atoms with E-state index >= 15 is 0 Å². The van der Waals surface area contributed by atoms with Crippen molar-refractivity contribution >= 4 is 28.0 Å². The Labute approximate surface area is 154 Å². The number of hydrogen-bond acceptors (Lipinski definition) is 6. The number of carbonyl (C=O) groups is 2. The highest BCUT2D eigenvalue weighted by molar-refractivity contribution is 7.90. The van der Waals surface area contributed by atoms with Crippen LogP contribution in [-0.2, 0) is 14.9 Å². The van der Waals surface area contributed by atoms with Gasteiger partial charge in [-0.2, -0.15) is 12.7 Å². The number of anilines is 1. The molecule has 0 saturated carbocycles. The van der Waals surface area contributed by atoms with E-state index in [1.54, 1.807) is 18.2 Å². The van der Waals surface area contributed by atoms with Crippen LogP contribution in [0.15, 0.2) is 42.6 Å². The minimum atomic E-state index is -4.12. The molecule has 10 heteroatoms. The van der Waals surface area contributed by atoms with Crippen molar-refractivity contribution < 1.29 is 27.9 Å². The molecule has 1 aliphatic heterocycles. The summed E-state index contributed by atoms with van der Waals surface area (Å²) in [4.78, 5) is 26.1. The highest BCUT2D eigenvalue weighted by Crippen LogP contribution is 2.19. The molecule has 3 rings (SSSR count). The van der Waals surface area contributed by atoms with Crippen molar-refractivity contribution in [1.29, 1.82) is 0 Å². The smallest absolute Gasteiger partial charge is 0.425 e. The van der Waals surface area contributed by atoms with Crippen molar-refractivity contribution in [2.75, 3.05) is 17.9 Å². The van der Waals surface area contributed by atoms with Crippen LogP contribution < -0.4 is 4.72 Å². The summed E-state index contributed by atoms with van der Waals surface area (Å²) in [5.41, 5.74) is 0.919. The van der Waals surface area contributed by atoms with Gasteiger partial charge in [0.05, 0.1) is 12.2 Å². The number of aromatic nitrogens is 1. The van der Waals surface area contributed by atoms with Gasteiger partial charge >= 0.3 is 22.3 Å². The van der Waals surface area contributed by atoms with Crippen LogP contribution in [0.4, 0.5) is 10.5 Å². The van der Waals surface area contributed by atoms with Gasteiger partial charge in [-0.3, -0.25) is 4.72 Å². The maximum Gasteiger partial charge on any atom is 0.425 e. The molecule has 0 bridgehead atoms. The summed E-state index contributed by atoms with van der Waals surface area (Å²) < 4.78 is 32.2. The number of nitrogens with zero attached hydrogens (tertiary/aromatic N) is 2. The number of hydrogen-bond donors (Lipinski definition) is 2. The van der Waals surface area contributed by atoms with Gasteiger partial charge in [0.25, 0.3) is 0 Å². The van der Waals surface area contributed by atoms with E-state index in [4.69, 9.17) is 5.11 Å². The fraction of sp³-hybridized carbons (Fsp3) is 0.118. The molecule has 2 aromatic rings. The first-order valence-electron chi connectivity index (χ1n) is 7.64. The molecule has 1 aromatic heterocycles. The highest BCUT2D eigenvalue weighted by atomic mass is 32.2. The number of aromatic carboxylic acids is 1. The Morgan fingerprint density at radius 3 is 2.63 bits per heavy atom. The number of carboxylic acids is 1. The molecule has 1 fully saturated rings. The molecule has 138 valence electrons. The first kappa shape index (κ1) is 18.2. The summed E-state index contributed by atoms with van der Waals surface area (Å²) in [7, 11) is -4.12. The maximum atomic E-state index is 12.3. The van der Waals surface area contributed by atoms with E-state index in [1.165, 1.54) is 24.4 Å². The first-order chi connectivity index (χ1) is 12.9. The van der Waals surface area contributed by atoms with E-state index < -0.39 is 22.3 Å². The number of cyclic esters (lactones) is 1. The quantitative estimate of drug-likeness (QED) is 0.757. The molecule has 2 N–H and O–H groups in total. The fourth-order valence-electron chi connectivity index (χ4n) is 2.21. The Hall–Kier alpha value is -3.58. The number of rotatable bonds is 4. The van der Waals surface area contributed by atoms with Crippen molar-refractivity contribution in [3.8, 4) is 11.8 Å². The predicted molar refractivity (Wildman–Crippen MR) is 94.2 cm³/mol. The van der Waals surface area contributed by atoms with Gasteiger partial charge in [-0.1, -0.05) is 24.0 Å². The lowest BCUT2D eigenvalue weighted by molar-refractivity contribution is 0.0690. The third-order valence-electron chi connectivity index (χ3n) is 3.50. The van der Waals surface area contributed by atoms with Crippen molar-refractivity contribution in [2.45, 2.75) is 0 Å². The largest absolute Gasteiger partial charge is 0.477 e. The summed E-state index contributed by atoms with van der Waals surface area (Å²) in [5, 5.41) is 8.84. The zero-order valence-corrected chi connectivity index (χ0v) is 14.6. The zero-order valence-electron chi connectivity index (χ0n) is 13.7. The number of pyridine rings is 1. The number of carbonyl (C=O) groups excluding carboxylic acids is 1. The second-order valence-corrected chi connectivity index (χ2v) is 6.92. The van der Waals surface area contributed by atoms with Crippen molar-refractivity contribution in [2.24, 2.45) is 0 Å². The average Bonchev–Trinajstić information content (AvgIpc) is 3.08. The topological polar surface area (TPSA) is 126 Å². The summed E-state index contributed by atoms with van der Waals surface area (Å²) in [5.74, 6) is 4.45. The van der Waals surface area contributed by atoms with E-state index in [0.29, 0.717) is 15.4 Å². The Balaban J connectivity index is 1.85. The standard InChI is InChI=1S/C17H13N3O6S/c21-16(22)15-8-6-12(11-18-15)5-7-13-3-1-2-4-14(13)19-27(24,25)20-9-10-26-17(20)23/h1-4,6,8,11,19H,9-10H2,(H,21,22). The summed E-state index contributed by atoms with van der Waals surface area (Å²) in [6.07, 6.45) is 0.374. The lowest BCUT2D eigenvalue weighted by Crippen LogP contribution is -2.36. The minimum Gasteiger partial charge on any atom is -0.477 e. The molecule has 1 aliphatic rings. The number of amides is 1. The zero-order chi connectivity index (χ0) is 19.4. The Kier molecular flexibility index (Phi) is 4.96. The summed E-state index contributed by atoms with van der Waals surface area (Å²) >= 11 is 0. The Morgan fingerprint density at radius 1 is 1.22 bits per heavy atom. The van der Waals surface area contributed by atoms with Gasteiger partial charge in [-0.05, 0) is 24.3 Å². The van der Waals surface area contributed by atoms with Crippen molar-refractivity contribution in [3.63, 3.8) is 0 Å². The molecular formula is C17H13N3O6S. The van der Waals surface area contributed by atoms with Gasteiger partial charge < -0.3 is 9.84 Å². The van der Waals surface area contributed by atoms with Crippen LogP contribution in [0.5, 0.6) is 0 Å².